The Morgan fingerprint density at radius 1 is 1.50 bits per heavy atom. The summed E-state index contributed by atoms with van der Waals surface area (Å²) in [4.78, 5) is 0. The van der Waals surface area contributed by atoms with Crippen LogP contribution in [0.1, 0.15) is 0 Å². The van der Waals surface area contributed by atoms with E-state index in [9.17, 15) is 0 Å². The molecule has 1 heteroatoms. The number of rotatable bonds is 0. The van der Waals surface area contributed by atoms with E-state index < -0.39 is 0 Å². The van der Waals surface area contributed by atoms with E-state index in [2.05, 4.69) is 28.3 Å². The molecule has 0 saturated carbocycles. The Balaban J connectivity index is 2.59. The number of hydrogen-bond acceptors (Lipinski definition) is 0. The molecule has 37 valence electrons. The van der Waals surface area contributed by atoms with E-state index in [4.69, 9.17) is 0 Å². The van der Waals surface area contributed by atoms with Crippen molar-refractivity contribution in [3.63, 3.8) is 0 Å². The molecule has 0 aromatic rings. The summed E-state index contributed by atoms with van der Waals surface area (Å²) in [5.74, 6) is 0. The molecule has 1 radical (unpaired) electrons. The molecule has 0 bridgehead atoms. The summed E-state index contributed by atoms with van der Waals surface area (Å²) in [6.07, 6.45) is 9.68. The summed E-state index contributed by atoms with van der Waals surface area (Å²) in [6.45, 7) is 0. The Bertz CT molecular complexity index is 203. The van der Waals surface area contributed by atoms with Gasteiger partial charge in [0.15, 0.2) is 0 Å². The fourth-order valence-corrected chi connectivity index (χ4v) is 3.08. The molecule has 0 aromatic heterocycles. The van der Waals surface area contributed by atoms with Crippen LogP contribution in [0.25, 0.3) is 0 Å². The van der Waals surface area contributed by atoms with Crippen molar-refractivity contribution in [3.05, 3.63) is 33.9 Å². The van der Waals surface area contributed by atoms with Gasteiger partial charge in [-0.2, -0.15) is 0 Å². The first kappa shape index (κ1) is 4.76. The average Bonchev–Trinajstić information content (AvgIpc) is 2.15. The molecule has 1 aliphatic heterocycles. The van der Waals surface area contributed by atoms with Gasteiger partial charge in [0.1, 0.15) is 0 Å². The van der Waals surface area contributed by atoms with Gasteiger partial charge >= 0.3 is 58.5 Å². The third-order valence-electron chi connectivity index (χ3n) is 1.22. The van der Waals surface area contributed by atoms with Gasteiger partial charge < -0.3 is 0 Å². The van der Waals surface area contributed by atoms with E-state index in [1.807, 2.05) is 0 Å². The van der Waals surface area contributed by atoms with E-state index in [1.54, 1.807) is 3.45 Å². The van der Waals surface area contributed by atoms with Crippen LogP contribution in [0.15, 0.2) is 27.8 Å². The topological polar surface area (TPSA) is 0 Å². The summed E-state index contributed by atoms with van der Waals surface area (Å²) in [6, 6.07) is 0. The van der Waals surface area contributed by atoms with Gasteiger partial charge in [-0.25, -0.2) is 0 Å². The molecule has 0 fully saturated rings. The number of allylic oxidation sites excluding steroid dienone is 5. The number of fused-ring (bicyclic) bond motifs is 1. The molecule has 1 aliphatic carbocycles. The van der Waals surface area contributed by atoms with Crippen LogP contribution in [0.2, 0.25) is 0 Å². The van der Waals surface area contributed by atoms with Gasteiger partial charge in [-0.15, -0.1) is 0 Å². The molecule has 0 nitrogen and oxygen atoms in total. The SMILES string of the molecule is [C]1=[CH][Sb]=[C]2C=CC=C12. The molecule has 0 amide bonds. The Morgan fingerprint density at radius 3 is 3.38 bits per heavy atom. The van der Waals surface area contributed by atoms with E-state index in [0.717, 1.165) is 0 Å². The molecule has 0 atom stereocenters. The quantitative estimate of drug-likeness (QED) is 0.516. The molecule has 1 heterocycles. The standard InChI is InChI=1S/C7H4.Sb/c1-2-7-5-3-4-6-7;/h1,3-5H;. The van der Waals surface area contributed by atoms with Crippen LogP contribution in [0.4, 0.5) is 0 Å². The van der Waals surface area contributed by atoms with Crippen LogP contribution in [-0.2, 0) is 0 Å². The van der Waals surface area contributed by atoms with Gasteiger partial charge in [0, 0.05) is 0 Å². The maximum atomic E-state index is 3.22. The fourth-order valence-electron chi connectivity index (χ4n) is 0.817. The maximum absolute atomic E-state index is 3.22. The predicted molar refractivity (Wildman–Crippen MR) is 35.8 cm³/mol. The van der Waals surface area contributed by atoms with Crippen molar-refractivity contribution in [1.82, 2.24) is 0 Å². The monoisotopic (exact) mass is 209 g/mol. The summed E-state index contributed by atoms with van der Waals surface area (Å²) >= 11 is -0.0894. The van der Waals surface area contributed by atoms with Crippen molar-refractivity contribution in [3.8, 4) is 0 Å². The zero-order valence-electron chi connectivity index (χ0n) is 4.26. The van der Waals surface area contributed by atoms with Crippen LogP contribution < -0.4 is 0 Å². The van der Waals surface area contributed by atoms with Crippen molar-refractivity contribution in [2.45, 2.75) is 0 Å². The molecule has 0 saturated heterocycles. The summed E-state index contributed by atoms with van der Waals surface area (Å²) < 4.78 is 3.80. The third kappa shape index (κ3) is 0.562. The van der Waals surface area contributed by atoms with Gasteiger partial charge in [0.2, 0.25) is 0 Å². The molecule has 2 rings (SSSR count). The van der Waals surface area contributed by atoms with Gasteiger partial charge in [-0.1, -0.05) is 0 Å². The Kier molecular flexibility index (Phi) is 1.01. The minimum absolute atomic E-state index is 0.0894. The summed E-state index contributed by atoms with van der Waals surface area (Å²) in [5, 5.41) is 0. The van der Waals surface area contributed by atoms with Crippen molar-refractivity contribution in [2.24, 2.45) is 0 Å². The zero-order chi connectivity index (χ0) is 5.40. The van der Waals surface area contributed by atoms with E-state index in [1.165, 1.54) is 5.57 Å². The Labute approximate surface area is 58.6 Å². The Morgan fingerprint density at radius 2 is 2.50 bits per heavy atom. The van der Waals surface area contributed by atoms with Crippen molar-refractivity contribution in [2.75, 3.05) is 0 Å². The van der Waals surface area contributed by atoms with Crippen molar-refractivity contribution in [1.29, 1.82) is 0 Å². The second-order valence-electron chi connectivity index (χ2n) is 1.73. The molecule has 2 aliphatic rings. The summed E-state index contributed by atoms with van der Waals surface area (Å²) in [5.41, 5.74) is 1.35. The molecule has 0 N–H and O–H groups in total. The van der Waals surface area contributed by atoms with Crippen LogP contribution >= 0.6 is 0 Å². The van der Waals surface area contributed by atoms with Gasteiger partial charge in [-0.05, 0) is 0 Å². The van der Waals surface area contributed by atoms with E-state index in [0.29, 0.717) is 0 Å². The van der Waals surface area contributed by atoms with Gasteiger partial charge in [0.05, 0.1) is 0 Å². The van der Waals surface area contributed by atoms with Gasteiger partial charge in [0.25, 0.3) is 0 Å². The Hall–Kier alpha value is -0.0918. The predicted octanol–water partition coefficient (Wildman–Crippen LogP) is 0.690. The molecular formula is C7H4Sb. The molecule has 0 spiro atoms. The van der Waals surface area contributed by atoms with Gasteiger partial charge in [-0.3, -0.25) is 0 Å². The van der Waals surface area contributed by atoms with Crippen molar-refractivity contribution >= 4 is 24.6 Å². The second kappa shape index (κ2) is 1.70. The first-order chi connectivity index (χ1) is 3.97. The van der Waals surface area contributed by atoms with Crippen LogP contribution in [0.5, 0.6) is 0 Å². The average molecular weight is 210 g/mol. The van der Waals surface area contributed by atoms with E-state index >= 15 is 0 Å². The van der Waals surface area contributed by atoms with E-state index in [-0.39, 0.29) is 21.1 Å². The third-order valence-corrected chi connectivity index (χ3v) is 3.86. The normalized spacial score (nSPS) is 21.0. The molecule has 8 heavy (non-hydrogen) atoms. The first-order valence-electron chi connectivity index (χ1n) is 2.51. The minimum atomic E-state index is -0.0894. The van der Waals surface area contributed by atoms with Crippen LogP contribution in [0.3, 0.4) is 0 Å². The number of hydrogen-bond donors (Lipinski definition) is 0. The molecule has 0 aromatic carbocycles. The zero-order valence-corrected chi connectivity index (χ0v) is 6.81. The molecular weight excluding hydrogens is 206 g/mol. The van der Waals surface area contributed by atoms with Crippen LogP contribution in [0, 0.1) is 6.08 Å². The van der Waals surface area contributed by atoms with Crippen LogP contribution in [-0.4, -0.2) is 24.6 Å². The van der Waals surface area contributed by atoms with Crippen molar-refractivity contribution < 1.29 is 0 Å². The summed E-state index contributed by atoms with van der Waals surface area (Å²) in [7, 11) is 0. The molecule has 0 unspecified atom stereocenters. The second-order valence-corrected chi connectivity index (χ2v) is 4.58. The first-order valence-corrected chi connectivity index (χ1v) is 5.26. The fraction of sp³-hybridized carbons (Fsp3) is 0.